The van der Waals surface area contributed by atoms with E-state index in [0.717, 1.165) is 10.6 Å². The number of sulfonamides is 1. The first-order chi connectivity index (χ1) is 14.1. The maximum Gasteiger partial charge on any atom is 0.238 e. The second kappa shape index (κ2) is 9.13. The van der Waals surface area contributed by atoms with Gasteiger partial charge in [0, 0.05) is 16.1 Å². The van der Waals surface area contributed by atoms with Crippen molar-refractivity contribution in [2.45, 2.75) is 31.8 Å². The van der Waals surface area contributed by atoms with Gasteiger partial charge in [-0.3, -0.25) is 4.79 Å². The predicted molar refractivity (Wildman–Crippen MR) is 118 cm³/mol. The Labute approximate surface area is 183 Å². The zero-order valence-corrected chi connectivity index (χ0v) is 18.7. The lowest BCUT2D eigenvalue weighted by molar-refractivity contribution is -0.115. The van der Waals surface area contributed by atoms with Crippen LogP contribution in [0.1, 0.15) is 21.8 Å². The molecule has 7 nitrogen and oxygen atoms in total. The summed E-state index contributed by atoms with van der Waals surface area (Å²) < 4.78 is 28.9. The lowest BCUT2D eigenvalue weighted by atomic mass is 10.1. The molecule has 30 heavy (non-hydrogen) atoms. The molecular weight excluding hydrogens is 446 g/mol. The van der Waals surface area contributed by atoms with Crippen molar-refractivity contribution in [3.05, 3.63) is 68.6 Å². The first-order valence-electron chi connectivity index (χ1n) is 8.87. The highest BCUT2D eigenvalue weighted by molar-refractivity contribution is 7.89. The van der Waals surface area contributed by atoms with Crippen LogP contribution in [0.15, 0.2) is 46.7 Å². The van der Waals surface area contributed by atoms with Crippen LogP contribution < -0.4 is 15.2 Å². The van der Waals surface area contributed by atoms with Crippen molar-refractivity contribution < 1.29 is 17.9 Å². The molecule has 0 fully saturated rings. The number of aryl methyl sites for hydroxylation is 1. The molecular formula is C20H20ClN3O4S2. The van der Waals surface area contributed by atoms with E-state index in [1.54, 1.807) is 43.5 Å². The quantitative estimate of drug-likeness (QED) is 0.551. The number of nitrogens with zero attached hydrogens (tertiary/aromatic N) is 1. The molecule has 0 bridgehead atoms. The minimum Gasteiger partial charge on any atom is -0.486 e. The number of primary sulfonamides is 1. The fourth-order valence-electron chi connectivity index (χ4n) is 2.65. The van der Waals surface area contributed by atoms with Crippen molar-refractivity contribution in [1.82, 2.24) is 4.98 Å². The first kappa shape index (κ1) is 22.2. The zero-order chi connectivity index (χ0) is 21.9. The van der Waals surface area contributed by atoms with Crippen LogP contribution in [0.4, 0.5) is 5.69 Å². The SMILES string of the molecule is Cc1cc(S(N)(=O)=O)cc(NC(=O)Cc2csc(COc3ccc(Cl)cc3)n2)c1C. The molecule has 1 aromatic heterocycles. The van der Waals surface area contributed by atoms with Crippen LogP contribution in [0.3, 0.4) is 0 Å². The summed E-state index contributed by atoms with van der Waals surface area (Å²) in [5.74, 6) is 0.369. The molecule has 1 amide bonds. The van der Waals surface area contributed by atoms with Gasteiger partial charge < -0.3 is 10.1 Å². The zero-order valence-electron chi connectivity index (χ0n) is 16.3. The number of nitrogens with two attached hydrogens (primary N) is 1. The Morgan fingerprint density at radius 2 is 1.93 bits per heavy atom. The number of benzene rings is 2. The van der Waals surface area contributed by atoms with Crippen LogP contribution in [0, 0.1) is 13.8 Å². The summed E-state index contributed by atoms with van der Waals surface area (Å²) in [6.07, 6.45) is 0.0511. The third-order valence-corrected chi connectivity index (χ3v) is 6.38. The molecule has 0 saturated carbocycles. The van der Waals surface area contributed by atoms with Gasteiger partial charge in [-0.1, -0.05) is 11.6 Å². The second-order valence-corrected chi connectivity index (χ2v) is 9.60. The number of carbonyl (C=O) groups excluding carboxylic acids is 1. The number of anilines is 1. The molecule has 3 rings (SSSR count). The van der Waals surface area contributed by atoms with Crippen molar-refractivity contribution in [2.24, 2.45) is 5.14 Å². The number of ether oxygens (including phenoxy) is 1. The average Bonchev–Trinajstić information content (AvgIpc) is 3.11. The van der Waals surface area contributed by atoms with Gasteiger partial charge in [0.05, 0.1) is 17.0 Å². The Bertz CT molecular complexity index is 1180. The number of nitrogens with one attached hydrogen (secondary N) is 1. The number of aromatic nitrogens is 1. The van der Waals surface area contributed by atoms with Gasteiger partial charge in [-0.25, -0.2) is 18.5 Å². The third kappa shape index (κ3) is 5.79. The van der Waals surface area contributed by atoms with E-state index in [0.29, 0.717) is 27.7 Å². The van der Waals surface area contributed by atoms with E-state index in [1.807, 2.05) is 0 Å². The van der Waals surface area contributed by atoms with Crippen molar-refractivity contribution in [2.75, 3.05) is 5.32 Å². The lowest BCUT2D eigenvalue weighted by Crippen LogP contribution is -2.18. The largest absolute Gasteiger partial charge is 0.486 e. The molecule has 0 unspecified atom stereocenters. The van der Waals surface area contributed by atoms with E-state index >= 15 is 0 Å². The normalized spacial score (nSPS) is 11.3. The summed E-state index contributed by atoms with van der Waals surface area (Å²) in [5, 5.41) is 11.1. The molecule has 2 aromatic carbocycles. The van der Waals surface area contributed by atoms with Crippen LogP contribution >= 0.6 is 22.9 Å². The third-order valence-electron chi connectivity index (χ3n) is 4.36. The van der Waals surface area contributed by atoms with E-state index in [2.05, 4.69) is 10.3 Å². The van der Waals surface area contributed by atoms with E-state index in [4.69, 9.17) is 21.5 Å². The second-order valence-electron chi connectivity index (χ2n) is 6.66. The van der Waals surface area contributed by atoms with Crippen molar-refractivity contribution in [3.8, 4) is 5.75 Å². The molecule has 158 valence electrons. The maximum absolute atomic E-state index is 12.5. The molecule has 0 atom stereocenters. The molecule has 3 aromatic rings. The summed E-state index contributed by atoms with van der Waals surface area (Å²) in [6, 6.07) is 9.86. The van der Waals surface area contributed by atoms with Crippen molar-refractivity contribution in [1.29, 1.82) is 0 Å². The Balaban J connectivity index is 1.63. The first-order valence-corrected chi connectivity index (χ1v) is 11.7. The summed E-state index contributed by atoms with van der Waals surface area (Å²) >= 11 is 7.24. The number of amides is 1. The van der Waals surface area contributed by atoms with E-state index in [-0.39, 0.29) is 23.8 Å². The summed E-state index contributed by atoms with van der Waals surface area (Å²) in [7, 11) is -3.87. The predicted octanol–water partition coefficient (Wildman–Crippen LogP) is 3.82. The highest BCUT2D eigenvalue weighted by atomic mass is 35.5. The topological polar surface area (TPSA) is 111 Å². The van der Waals surface area contributed by atoms with Gasteiger partial charge >= 0.3 is 0 Å². The van der Waals surface area contributed by atoms with Crippen molar-refractivity contribution >= 4 is 44.6 Å². The number of rotatable bonds is 7. The van der Waals surface area contributed by atoms with Crippen LogP contribution in [-0.2, 0) is 27.8 Å². The summed E-state index contributed by atoms with van der Waals surface area (Å²) in [5.41, 5.74) is 2.49. The lowest BCUT2D eigenvalue weighted by Gasteiger charge is -2.12. The van der Waals surface area contributed by atoms with E-state index in [9.17, 15) is 13.2 Å². The number of hydrogen-bond acceptors (Lipinski definition) is 6. The molecule has 10 heteroatoms. The molecule has 3 N–H and O–H groups in total. The Morgan fingerprint density at radius 1 is 1.23 bits per heavy atom. The number of halogens is 1. The van der Waals surface area contributed by atoms with Gasteiger partial charge in [0.25, 0.3) is 0 Å². The highest BCUT2D eigenvalue weighted by Gasteiger charge is 2.15. The Hall–Kier alpha value is -2.46. The molecule has 0 aliphatic carbocycles. The molecule has 0 aliphatic heterocycles. The molecule has 1 heterocycles. The maximum atomic E-state index is 12.5. The van der Waals surface area contributed by atoms with Crippen LogP contribution in [0.2, 0.25) is 5.02 Å². The monoisotopic (exact) mass is 465 g/mol. The van der Waals surface area contributed by atoms with E-state index in [1.165, 1.54) is 23.5 Å². The van der Waals surface area contributed by atoms with Gasteiger partial charge in [-0.2, -0.15) is 0 Å². The highest BCUT2D eigenvalue weighted by Crippen LogP contribution is 2.24. The Morgan fingerprint density at radius 3 is 2.60 bits per heavy atom. The number of thiazole rings is 1. The van der Waals surface area contributed by atoms with Crippen LogP contribution in [0.5, 0.6) is 5.75 Å². The molecule has 0 spiro atoms. The van der Waals surface area contributed by atoms with Gasteiger partial charge in [-0.15, -0.1) is 11.3 Å². The van der Waals surface area contributed by atoms with E-state index < -0.39 is 10.0 Å². The smallest absolute Gasteiger partial charge is 0.238 e. The number of hydrogen-bond donors (Lipinski definition) is 2. The standard InChI is InChI=1S/C20H20ClN3O4S2/c1-12-7-17(30(22,26)27)9-18(13(12)2)24-19(25)8-15-11-29-20(23-15)10-28-16-5-3-14(21)4-6-16/h3-7,9,11H,8,10H2,1-2H3,(H,24,25)(H2,22,26,27). The average molecular weight is 466 g/mol. The summed E-state index contributed by atoms with van der Waals surface area (Å²) in [6.45, 7) is 3.84. The number of carbonyl (C=O) groups is 1. The summed E-state index contributed by atoms with van der Waals surface area (Å²) in [4.78, 5) is 16.8. The minimum absolute atomic E-state index is 0.0452. The van der Waals surface area contributed by atoms with Gasteiger partial charge in [0.2, 0.25) is 15.9 Å². The van der Waals surface area contributed by atoms with Gasteiger partial charge in [0.1, 0.15) is 17.4 Å². The molecule has 0 aliphatic rings. The van der Waals surface area contributed by atoms with Gasteiger partial charge in [-0.05, 0) is 61.4 Å². The fraction of sp³-hybridized carbons (Fsp3) is 0.200. The molecule has 0 saturated heterocycles. The van der Waals surface area contributed by atoms with Crippen molar-refractivity contribution in [3.63, 3.8) is 0 Å². The van der Waals surface area contributed by atoms with Crippen LogP contribution in [-0.4, -0.2) is 19.3 Å². The minimum atomic E-state index is -3.87. The Kier molecular flexibility index (Phi) is 6.77. The fourth-order valence-corrected chi connectivity index (χ4v) is 4.11. The molecule has 0 radical (unpaired) electrons. The van der Waals surface area contributed by atoms with Crippen LogP contribution in [0.25, 0.3) is 0 Å². The van der Waals surface area contributed by atoms with Gasteiger partial charge in [0.15, 0.2) is 0 Å².